The van der Waals surface area contributed by atoms with Crippen molar-refractivity contribution in [3.63, 3.8) is 0 Å². The summed E-state index contributed by atoms with van der Waals surface area (Å²) >= 11 is 0. The van der Waals surface area contributed by atoms with Crippen molar-refractivity contribution < 1.29 is 14.3 Å². The lowest BCUT2D eigenvalue weighted by Crippen LogP contribution is -2.40. The molecule has 1 rings (SSSR count). The summed E-state index contributed by atoms with van der Waals surface area (Å²) in [7, 11) is 0. The van der Waals surface area contributed by atoms with E-state index in [0.717, 1.165) is 25.7 Å². The van der Waals surface area contributed by atoms with Crippen LogP contribution < -0.4 is 10.6 Å². The monoisotopic (exact) mass is 298 g/mol. The number of ketones is 1. The first-order valence-electron chi connectivity index (χ1n) is 8.37. The molecule has 0 aromatic heterocycles. The lowest BCUT2D eigenvalue weighted by Gasteiger charge is -2.21. The molecular formula is C16H30N2O3. The highest BCUT2D eigenvalue weighted by Gasteiger charge is 2.15. The molecule has 0 bridgehead atoms. The molecule has 2 amide bonds. The van der Waals surface area contributed by atoms with Crippen LogP contribution in [0.25, 0.3) is 0 Å². The Labute approximate surface area is 128 Å². The molecule has 2 N–H and O–H groups in total. The van der Waals surface area contributed by atoms with Gasteiger partial charge in [0.1, 0.15) is 6.61 Å². The first-order chi connectivity index (χ1) is 10.2. The zero-order valence-electron chi connectivity index (χ0n) is 13.3. The number of Topliss-reactive ketones (excluding diaryl/α,β-unsaturated/α-hetero) is 1. The molecule has 122 valence electrons. The lowest BCUT2D eigenvalue weighted by molar-refractivity contribution is -0.125. The Morgan fingerprint density at radius 2 is 1.81 bits per heavy atom. The summed E-state index contributed by atoms with van der Waals surface area (Å²) in [5.74, 6) is -0.0679. The van der Waals surface area contributed by atoms with Gasteiger partial charge in [-0.05, 0) is 19.3 Å². The van der Waals surface area contributed by atoms with Crippen LogP contribution in [0.15, 0.2) is 0 Å². The van der Waals surface area contributed by atoms with Gasteiger partial charge in [0.15, 0.2) is 5.78 Å². The molecule has 1 aliphatic rings. The maximum Gasteiger partial charge on any atom is 0.315 e. The van der Waals surface area contributed by atoms with E-state index >= 15 is 0 Å². The van der Waals surface area contributed by atoms with Crippen LogP contribution in [0.3, 0.4) is 0 Å². The molecule has 0 heterocycles. The van der Waals surface area contributed by atoms with Crippen LogP contribution in [0, 0.1) is 0 Å². The molecule has 0 unspecified atom stereocenters. The Balaban J connectivity index is 1.97. The molecule has 0 radical (unpaired) electrons. The minimum Gasteiger partial charge on any atom is -0.370 e. The van der Waals surface area contributed by atoms with E-state index in [1.807, 2.05) is 0 Å². The Kier molecular flexibility index (Phi) is 9.87. The van der Waals surface area contributed by atoms with E-state index in [0.29, 0.717) is 6.54 Å². The van der Waals surface area contributed by atoms with Gasteiger partial charge >= 0.3 is 6.03 Å². The lowest BCUT2D eigenvalue weighted by atomic mass is 9.98. The van der Waals surface area contributed by atoms with Gasteiger partial charge in [-0.3, -0.25) is 4.79 Å². The number of carbonyl (C=O) groups excluding carboxylic acids is 2. The molecule has 0 aromatic carbocycles. The van der Waals surface area contributed by atoms with Crippen LogP contribution in [-0.2, 0) is 9.53 Å². The second-order valence-corrected chi connectivity index (χ2v) is 5.78. The van der Waals surface area contributed by atoms with Gasteiger partial charge in [-0.2, -0.15) is 0 Å². The molecule has 1 saturated carbocycles. The maximum atomic E-state index is 11.6. The predicted molar refractivity (Wildman–Crippen MR) is 83.4 cm³/mol. The molecule has 5 nitrogen and oxygen atoms in total. The van der Waals surface area contributed by atoms with E-state index in [9.17, 15) is 9.59 Å². The van der Waals surface area contributed by atoms with Gasteiger partial charge < -0.3 is 15.4 Å². The number of hydrogen-bond acceptors (Lipinski definition) is 3. The minimum atomic E-state index is -0.266. The number of hydrogen-bond donors (Lipinski definition) is 2. The summed E-state index contributed by atoms with van der Waals surface area (Å²) in [4.78, 5) is 23.1. The summed E-state index contributed by atoms with van der Waals surface area (Å²) in [5.41, 5.74) is 0. The van der Waals surface area contributed by atoms with Crippen LogP contribution in [0.5, 0.6) is 0 Å². The van der Waals surface area contributed by atoms with E-state index in [1.165, 1.54) is 32.1 Å². The zero-order valence-corrected chi connectivity index (χ0v) is 13.3. The molecule has 0 spiro atoms. The van der Waals surface area contributed by atoms with E-state index in [1.54, 1.807) is 0 Å². The molecule has 1 fully saturated rings. The number of unbranched alkanes of at least 4 members (excludes halogenated alkanes) is 3. The van der Waals surface area contributed by atoms with Crippen molar-refractivity contribution in [3.8, 4) is 0 Å². The summed E-state index contributed by atoms with van der Waals surface area (Å²) in [6.07, 6.45) is 10.5. The average Bonchev–Trinajstić information content (AvgIpc) is 2.51. The van der Waals surface area contributed by atoms with Crippen LogP contribution in [0.1, 0.15) is 64.7 Å². The Hall–Kier alpha value is -1.10. The summed E-state index contributed by atoms with van der Waals surface area (Å²) in [6, 6.07) is -0.266. The van der Waals surface area contributed by atoms with Gasteiger partial charge in [-0.1, -0.05) is 45.4 Å². The zero-order chi connectivity index (χ0) is 15.3. The van der Waals surface area contributed by atoms with Gasteiger partial charge in [0.05, 0.1) is 12.6 Å². The Morgan fingerprint density at radius 1 is 1.05 bits per heavy atom. The molecule has 5 heteroatoms. The van der Waals surface area contributed by atoms with Gasteiger partial charge in [0.2, 0.25) is 0 Å². The fourth-order valence-electron chi connectivity index (χ4n) is 2.49. The van der Waals surface area contributed by atoms with Gasteiger partial charge in [0, 0.05) is 6.54 Å². The first kappa shape index (κ1) is 18.0. The summed E-state index contributed by atoms with van der Waals surface area (Å²) in [5, 5.41) is 5.34. The van der Waals surface area contributed by atoms with E-state index in [2.05, 4.69) is 17.6 Å². The topological polar surface area (TPSA) is 67.4 Å². The number of carbonyl (C=O) groups is 2. The number of rotatable bonds is 10. The third-order valence-electron chi connectivity index (χ3n) is 3.79. The number of nitrogens with one attached hydrogen (secondary N) is 2. The van der Waals surface area contributed by atoms with Crippen LogP contribution in [-0.4, -0.2) is 37.6 Å². The second-order valence-electron chi connectivity index (χ2n) is 5.78. The molecular weight excluding hydrogens is 268 g/mol. The van der Waals surface area contributed by atoms with Crippen LogP contribution in [0.2, 0.25) is 0 Å². The molecule has 0 atom stereocenters. The number of amides is 2. The molecule has 0 aromatic rings. The highest BCUT2D eigenvalue weighted by molar-refractivity contribution is 5.86. The smallest absolute Gasteiger partial charge is 0.315 e. The van der Waals surface area contributed by atoms with Crippen molar-refractivity contribution in [2.75, 3.05) is 19.7 Å². The van der Waals surface area contributed by atoms with Crippen molar-refractivity contribution in [3.05, 3.63) is 0 Å². The highest BCUT2D eigenvalue weighted by Crippen LogP contribution is 2.19. The van der Waals surface area contributed by atoms with Crippen molar-refractivity contribution in [1.82, 2.24) is 10.6 Å². The molecule has 21 heavy (non-hydrogen) atoms. The van der Waals surface area contributed by atoms with Crippen LogP contribution >= 0.6 is 0 Å². The van der Waals surface area contributed by atoms with Crippen molar-refractivity contribution >= 4 is 11.8 Å². The van der Waals surface area contributed by atoms with E-state index < -0.39 is 0 Å². The molecule has 0 saturated heterocycles. The third kappa shape index (κ3) is 9.45. The van der Waals surface area contributed by atoms with Crippen molar-refractivity contribution in [1.29, 1.82) is 0 Å². The van der Waals surface area contributed by atoms with Gasteiger partial charge in [-0.15, -0.1) is 0 Å². The van der Waals surface area contributed by atoms with E-state index in [-0.39, 0.29) is 31.1 Å². The third-order valence-corrected chi connectivity index (χ3v) is 3.79. The standard InChI is InChI=1S/C16H30N2O3/c1-2-3-4-8-11-17-16(20)18-12-14(19)13-21-15-9-6-5-7-10-15/h15H,2-13H2,1H3,(H2,17,18,20). The fraction of sp³-hybridized carbons (Fsp3) is 0.875. The van der Waals surface area contributed by atoms with E-state index in [4.69, 9.17) is 4.74 Å². The molecule has 0 aliphatic heterocycles. The predicted octanol–water partition coefficient (Wildman–Crippen LogP) is 2.78. The second kappa shape index (κ2) is 11.5. The van der Waals surface area contributed by atoms with Crippen molar-refractivity contribution in [2.45, 2.75) is 70.8 Å². The minimum absolute atomic E-state index is 0.0491. The number of ether oxygens (including phenoxy) is 1. The average molecular weight is 298 g/mol. The fourth-order valence-corrected chi connectivity index (χ4v) is 2.49. The number of urea groups is 1. The SMILES string of the molecule is CCCCCCNC(=O)NCC(=O)COC1CCCCC1. The largest absolute Gasteiger partial charge is 0.370 e. The van der Waals surface area contributed by atoms with Crippen molar-refractivity contribution in [2.24, 2.45) is 0 Å². The van der Waals surface area contributed by atoms with Gasteiger partial charge in [-0.25, -0.2) is 4.79 Å². The maximum absolute atomic E-state index is 11.6. The highest BCUT2D eigenvalue weighted by atomic mass is 16.5. The quantitative estimate of drug-likeness (QED) is 0.609. The van der Waals surface area contributed by atoms with Gasteiger partial charge in [0.25, 0.3) is 0 Å². The Morgan fingerprint density at radius 3 is 2.52 bits per heavy atom. The van der Waals surface area contributed by atoms with Crippen LogP contribution in [0.4, 0.5) is 4.79 Å². The normalized spacial score (nSPS) is 15.7. The molecule has 1 aliphatic carbocycles. The first-order valence-corrected chi connectivity index (χ1v) is 8.37. The summed E-state index contributed by atoms with van der Waals surface area (Å²) < 4.78 is 5.58. The Bertz CT molecular complexity index is 302. The summed E-state index contributed by atoms with van der Waals surface area (Å²) in [6.45, 7) is 2.98.